The zero-order valence-corrected chi connectivity index (χ0v) is 16.5. The van der Waals surface area contributed by atoms with Gasteiger partial charge in [0.25, 0.3) is 0 Å². The highest BCUT2D eigenvalue weighted by atomic mass is 16.3. The largest absolute Gasteiger partial charge is 0.396 e. The summed E-state index contributed by atoms with van der Waals surface area (Å²) in [7, 11) is 2.16. The Labute approximate surface area is 166 Å². The van der Waals surface area contributed by atoms with Crippen LogP contribution in [0.1, 0.15) is 19.3 Å². The Morgan fingerprint density at radius 3 is 2.46 bits per heavy atom. The van der Waals surface area contributed by atoms with Crippen LogP contribution in [0.2, 0.25) is 0 Å². The van der Waals surface area contributed by atoms with Crippen molar-refractivity contribution < 1.29 is 5.11 Å². The summed E-state index contributed by atoms with van der Waals surface area (Å²) in [5.41, 5.74) is 3.12. The van der Waals surface area contributed by atoms with Gasteiger partial charge in [0, 0.05) is 43.2 Å². The van der Waals surface area contributed by atoms with Gasteiger partial charge in [0.05, 0.1) is 11.2 Å². The topological polar surface area (TPSA) is 52.5 Å². The van der Waals surface area contributed by atoms with Crippen LogP contribution in [-0.2, 0) is 0 Å². The molecule has 1 fully saturated rings. The van der Waals surface area contributed by atoms with Crippen LogP contribution in [-0.4, -0.2) is 59.3 Å². The molecule has 0 bridgehead atoms. The fraction of sp³-hybridized carbons (Fsp3) is 0.391. The van der Waals surface area contributed by atoms with Gasteiger partial charge in [-0.2, -0.15) is 0 Å². The van der Waals surface area contributed by atoms with Crippen molar-refractivity contribution in [1.82, 2.24) is 14.9 Å². The standard InChI is InChI=1S/C23H28N4O/c1-26(14-7-17-28)19-12-15-27(16-13-19)23-24-21-11-6-5-10-20(21)22(25-23)18-8-3-2-4-9-18/h2-6,8-11,19,28H,7,12-17H2,1H3. The summed E-state index contributed by atoms with van der Waals surface area (Å²) in [6, 6.07) is 19.2. The first-order chi connectivity index (χ1) is 13.8. The maximum absolute atomic E-state index is 9.06. The van der Waals surface area contributed by atoms with Gasteiger partial charge >= 0.3 is 0 Å². The van der Waals surface area contributed by atoms with E-state index in [9.17, 15) is 0 Å². The van der Waals surface area contributed by atoms with Crippen LogP contribution in [0.4, 0.5) is 5.95 Å². The molecule has 5 nitrogen and oxygen atoms in total. The predicted molar refractivity (Wildman–Crippen MR) is 115 cm³/mol. The van der Waals surface area contributed by atoms with Gasteiger partial charge in [0.2, 0.25) is 5.95 Å². The SMILES string of the molecule is CN(CCCO)C1CCN(c2nc(-c3ccccc3)c3ccccc3n2)CC1. The van der Waals surface area contributed by atoms with E-state index in [1.54, 1.807) is 0 Å². The Balaban J connectivity index is 1.58. The van der Waals surface area contributed by atoms with Crippen molar-refractivity contribution in [2.75, 3.05) is 38.2 Å². The molecule has 0 unspecified atom stereocenters. The molecule has 3 aromatic rings. The summed E-state index contributed by atoms with van der Waals surface area (Å²) in [5, 5.41) is 10.2. The van der Waals surface area contributed by atoms with Crippen LogP contribution in [0.3, 0.4) is 0 Å². The van der Waals surface area contributed by atoms with Crippen LogP contribution in [0.5, 0.6) is 0 Å². The lowest BCUT2D eigenvalue weighted by molar-refractivity contribution is 0.184. The minimum atomic E-state index is 0.260. The minimum absolute atomic E-state index is 0.260. The molecule has 1 aromatic heterocycles. The molecule has 1 aliphatic rings. The van der Waals surface area contributed by atoms with Crippen molar-refractivity contribution >= 4 is 16.9 Å². The van der Waals surface area contributed by atoms with E-state index in [0.717, 1.165) is 67.0 Å². The third-order valence-electron chi connectivity index (χ3n) is 5.68. The highest BCUT2D eigenvalue weighted by molar-refractivity contribution is 5.93. The van der Waals surface area contributed by atoms with E-state index >= 15 is 0 Å². The number of aromatic nitrogens is 2. The highest BCUT2D eigenvalue weighted by Gasteiger charge is 2.24. The lowest BCUT2D eigenvalue weighted by Gasteiger charge is -2.37. The Kier molecular flexibility index (Phi) is 5.84. The summed E-state index contributed by atoms with van der Waals surface area (Å²) >= 11 is 0. The Bertz CT molecular complexity index is 907. The van der Waals surface area contributed by atoms with Crippen molar-refractivity contribution in [2.45, 2.75) is 25.3 Å². The average Bonchev–Trinajstić information content (AvgIpc) is 2.77. The number of piperidine rings is 1. The zero-order valence-electron chi connectivity index (χ0n) is 16.5. The molecule has 0 aliphatic carbocycles. The van der Waals surface area contributed by atoms with Gasteiger partial charge in [-0.15, -0.1) is 0 Å². The molecule has 1 aliphatic heterocycles. The molecule has 28 heavy (non-hydrogen) atoms. The number of rotatable bonds is 6. The van der Waals surface area contributed by atoms with E-state index in [4.69, 9.17) is 15.1 Å². The molecular formula is C23H28N4O. The van der Waals surface area contributed by atoms with Crippen molar-refractivity contribution in [2.24, 2.45) is 0 Å². The molecule has 2 heterocycles. The second-order valence-electron chi connectivity index (χ2n) is 7.53. The van der Waals surface area contributed by atoms with Crippen molar-refractivity contribution in [3.05, 3.63) is 54.6 Å². The normalized spacial score (nSPS) is 15.5. The van der Waals surface area contributed by atoms with Gasteiger partial charge in [0.15, 0.2) is 0 Å². The van der Waals surface area contributed by atoms with Crippen LogP contribution in [0.15, 0.2) is 54.6 Å². The van der Waals surface area contributed by atoms with E-state index in [0.29, 0.717) is 6.04 Å². The average molecular weight is 377 g/mol. The van der Waals surface area contributed by atoms with Gasteiger partial charge in [-0.25, -0.2) is 9.97 Å². The summed E-state index contributed by atoms with van der Waals surface area (Å²) in [5.74, 6) is 0.828. The lowest BCUT2D eigenvalue weighted by Crippen LogP contribution is -2.44. The first kappa shape index (κ1) is 18.8. The fourth-order valence-electron chi connectivity index (χ4n) is 4.03. The summed E-state index contributed by atoms with van der Waals surface area (Å²) in [6.07, 6.45) is 3.03. The van der Waals surface area contributed by atoms with Crippen molar-refractivity contribution in [3.8, 4) is 11.3 Å². The number of nitrogens with zero attached hydrogens (tertiary/aromatic N) is 4. The number of hydrogen-bond acceptors (Lipinski definition) is 5. The molecule has 1 N–H and O–H groups in total. The molecule has 0 saturated carbocycles. The molecule has 4 rings (SSSR count). The minimum Gasteiger partial charge on any atom is -0.396 e. The van der Waals surface area contributed by atoms with Gasteiger partial charge in [-0.1, -0.05) is 48.5 Å². The third kappa shape index (κ3) is 4.01. The van der Waals surface area contributed by atoms with Gasteiger partial charge in [-0.05, 0) is 32.4 Å². The van der Waals surface area contributed by atoms with Crippen LogP contribution >= 0.6 is 0 Å². The first-order valence-electron chi connectivity index (χ1n) is 10.1. The number of anilines is 1. The molecule has 0 atom stereocenters. The number of aliphatic hydroxyl groups is 1. The quantitative estimate of drug-likeness (QED) is 0.713. The van der Waals surface area contributed by atoms with E-state index in [-0.39, 0.29) is 6.61 Å². The summed E-state index contributed by atoms with van der Waals surface area (Å²) in [6.45, 7) is 3.13. The molecule has 0 amide bonds. The summed E-state index contributed by atoms with van der Waals surface area (Å²) in [4.78, 5) is 14.5. The second-order valence-corrected chi connectivity index (χ2v) is 7.53. The highest BCUT2D eigenvalue weighted by Crippen LogP contribution is 2.29. The maximum Gasteiger partial charge on any atom is 0.226 e. The summed E-state index contributed by atoms with van der Waals surface area (Å²) < 4.78 is 0. The molecule has 1 saturated heterocycles. The molecule has 0 spiro atoms. The Morgan fingerprint density at radius 1 is 1.00 bits per heavy atom. The smallest absolute Gasteiger partial charge is 0.226 e. The van der Waals surface area contributed by atoms with E-state index in [2.05, 4.69) is 53.2 Å². The van der Waals surface area contributed by atoms with Crippen LogP contribution < -0.4 is 4.90 Å². The maximum atomic E-state index is 9.06. The van der Waals surface area contributed by atoms with Gasteiger partial charge in [-0.3, -0.25) is 0 Å². The van der Waals surface area contributed by atoms with Crippen molar-refractivity contribution in [3.63, 3.8) is 0 Å². The Morgan fingerprint density at radius 2 is 1.71 bits per heavy atom. The molecule has 5 heteroatoms. The second kappa shape index (κ2) is 8.67. The Hall–Kier alpha value is -2.50. The van der Waals surface area contributed by atoms with Crippen LogP contribution in [0.25, 0.3) is 22.2 Å². The molecular weight excluding hydrogens is 348 g/mol. The monoisotopic (exact) mass is 376 g/mol. The van der Waals surface area contributed by atoms with E-state index in [1.165, 1.54) is 0 Å². The van der Waals surface area contributed by atoms with Crippen molar-refractivity contribution in [1.29, 1.82) is 0 Å². The predicted octanol–water partition coefficient (Wildman–Crippen LogP) is 3.58. The van der Waals surface area contributed by atoms with Gasteiger partial charge in [0.1, 0.15) is 0 Å². The third-order valence-corrected chi connectivity index (χ3v) is 5.68. The first-order valence-corrected chi connectivity index (χ1v) is 10.1. The van der Waals surface area contributed by atoms with Gasteiger partial charge < -0.3 is 14.9 Å². The molecule has 146 valence electrons. The lowest BCUT2D eigenvalue weighted by atomic mass is 10.0. The van der Waals surface area contributed by atoms with E-state index < -0.39 is 0 Å². The number of aliphatic hydroxyl groups excluding tert-OH is 1. The molecule has 2 aromatic carbocycles. The number of fused-ring (bicyclic) bond motifs is 1. The fourth-order valence-corrected chi connectivity index (χ4v) is 4.03. The van der Waals surface area contributed by atoms with E-state index in [1.807, 2.05) is 18.2 Å². The molecule has 0 radical (unpaired) electrons. The van der Waals surface area contributed by atoms with Crippen LogP contribution in [0, 0.1) is 0 Å². The number of hydrogen-bond donors (Lipinski definition) is 1. The number of para-hydroxylation sites is 1. The zero-order chi connectivity index (χ0) is 19.3. The number of benzene rings is 2.